The summed E-state index contributed by atoms with van der Waals surface area (Å²) in [5.41, 5.74) is 6.23. The first-order valence-electron chi connectivity index (χ1n) is 21.8. The van der Waals surface area contributed by atoms with Crippen LogP contribution in [0.4, 0.5) is 17.1 Å². The molecule has 0 spiro atoms. The van der Waals surface area contributed by atoms with Crippen molar-refractivity contribution in [2.45, 2.75) is 176 Å². The quantitative estimate of drug-likeness (QED) is 0.169. The van der Waals surface area contributed by atoms with E-state index in [9.17, 15) is 24.6 Å². The number of rotatable bonds is 8. The summed E-state index contributed by atoms with van der Waals surface area (Å²) in [6, 6.07) is 12.5. The van der Waals surface area contributed by atoms with Crippen molar-refractivity contribution in [1.82, 2.24) is 4.58 Å². The Balaban J connectivity index is 1.51. The van der Waals surface area contributed by atoms with Crippen LogP contribution in [0.2, 0.25) is 0 Å². The van der Waals surface area contributed by atoms with E-state index in [1.807, 2.05) is 36.4 Å². The molecule has 4 N–H and O–H groups in total. The highest BCUT2D eigenvalue weighted by atomic mass is 16.3. The summed E-state index contributed by atoms with van der Waals surface area (Å²) in [6.07, 6.45) is 0.608. The maximum Gasteiger partial charge on any atom is 0.224 e. The largest absolute Gasteiger partial charge is 0.507 e. The molecule has 1 aliphatic carbocycles. The van der Waals surface area contributed by atoms with Gasteiger partial charge in [0, 0.05) is 58.9 Å². The number of aliphatic hydroxyl groups is 1. The highest BCUT2D eigenvalue weighted by Gasteiger charge is 2.48. The third-order valence-electron chi connectivity index (χ3n) is 13.7. The number of phenols is 1. The molecule has 2 unspecified atom stereocenters. The number of carbonyl (C=O) groups is 3. The molecule has 0 radical (unpaired) electrons. The van der Waals surface area contributed by atoms with Gasteiger partial charge in [-0.25, -0.2) is 4.58 Å². The molecule has 322 valence electrons. The molecule has 60 heavy (non-hydrogen) atoms. The van der Waals surface area contributed by atoms with Gasteiger partial charge in [-0.05, 0) is 113 Å². The summed E-state index contributed by atoms with van der Waals surface area (Å²) in [5.74, 6) is -0.720. The van der Waals surface area contributed by atoms with Gasteiger partial charge >= 0.3 is 0 Å². The van der Waals surface area contributed by atoms with Crippen LogP contribution in [0.1, 0.15) is 158 Å². The lowest BCUT2D eigenvalue weighted by atomic mass is 9.76. The van der Waals surface area contributed by atoms with Crippen molar-refractivity contribution in [2.24, 2.45) is 0 Å². The average molecular weight is 818 g/mol. The van der Waals surface area contributed by atoms with Crippen LogP contribution in [-0.4, -0.2) is 52.0 Å². The van der Waals surface area contributed by atoms with E-state index in [1.165, 1.54) is 6.92 Å². The van der Waals surface area contributed by atoms with Crippen LogP contribution in [0.5, 0.6) is 5.75 Å². The standard InChI is InChI=1S/C51H68N4O5/c1-26(2)54-28(5)50(14,15)34-22-32(38(24-40(34)54)52-30(7)56)43-46(59)44(47(43)60)33-23-35-41(55(27(3)4)29(6)51(35,16)17)25-39(33)53-42(57)19-18-31-20-36(48(8,9)10)45(58)37(21-31)49(11,12)13/h20-29H,18-19H2,1-17H3,(H3,52,53,56,57,58,59,60)/p+1. The van der Waals surface area contributed by atoms with Crippen LogP contribution in [0, 0.1) is 0 Å². The van der Waals surface area contributed by atoms with E-state index in [-0.39, 0.29) is 86.8 Å². The van der Waals surface area contributed by atoms with E-state index in [2.05, 4.69) is 131 Å². The van der Waals surface area contributed by atoms with Gasteiger partial charge in [0.1, 0.15) is 17.6 Å². The summed E-state index contributed by atoms with van der Waals surface area (Å²) in [4.78, 5) is 43.7. The molecule has 0 bridgehead atoms. The SMILES string of the molecule is CC(=O)Nc1cc2c(cc1C1=C(O)/C(=c3/cc4c(cc3NC(=O)CCc3cc(C(C)(C)C)c(O)c(C(C)(C)C)c3)=[N+](C(C)C)C(C)C4(C)C)C1=O)C(C)(C)C(C)N2C(C)C. The van der Waals surface area contributed by atoms with Gasteiger partial charge in [-0.2, -0.15) is 0 Å². The average Bonchev–Trinajstić information content (AvgIpc) is 3.42. The maximum atomic E-state index is 14.7. The minimum Gasteiger partial charge on any atom is -0.507 e. The van der Waals surface area contributed by atoms with Gasteiger partial charge in [0.05, 0.1) is 27.9 Å². The number of phenolic OH excluding ortho intramolecular Hbond substituents is 1. The lowest BCUT2D eigenvalue weighted by Gasteiger charge is -2.34. The Morgan fingerprint density at radius 1 is 0.800 bits per heavy atom. The van der Waals surface area contributed by atoms with Gasteiger partial charge in [0.15, 0.2) is 6.04 Å². The van der Waals surface area contributed by atoms with Gasteiger partial charge in [-0.1, -0.05) is 67.5 Å². The van der Waals surface area contributed by atoms with Gasteiger partial charge in [0.25, 0.3) is 0 Å². The summed E-state index contributed by atoms with van der Waals surface area (Å²) in [7, 11) is 0. The second kappa shape index (κ2) is 14.9. The van der Waals surface area contributed by atoms with Gasteiger partial charge in [-0.3, -0.25) is 14.4 Å². The molecule has 2 atom stereocenters. The molecule has 3 aromatic rings. The second-order valence-corrected chi connectivity index (χ2v) is 21.3. The van der Waals surface area contributed by atoms with Crippen LogP contribution >= 0.6 is 0 Å². The Bertz CT molecular complexity index is 2450. The molecular weight excluding hydrogens is 749 g/mol. The van der Waals surface area contributed by atoms with Crippen molar-refractivity contribution >= 4 is 45.8 Å². The van der Waals surface area contributed by atoms with Crippen molar-refractivity contribution in [3.63, 3.8) is 0 Å². The van der Waals surface area contributed by atoms with Crippen molar-refractivity contribution in [3.8, 4) is 5.75 Å². The summed E-state index contributed by atoms with van der Waals surface area (Å²) < 4.78 is 2.36. The number of Topliss-reactive ketones (excluding diaryl/α,β-unsaturated/α-hetero) is 1. The smallest absolute Gasteiger partial charge is 0.224 e. The first-order valence-corrected chi connectivity index (χ1v) is 21.8. The van der Waals surface area contributed by atoms with Gasteiger partial charge in [0.2, 0.25) is 23.0 Å². The number of aromatic hydroxyl groups is 1. The number of fused-ring (bicyclic) bond motifs is 2. The topological polar surface area (TPSA) is 122 Å². The monoisotopic (exact) mass is 818 g/mol. The Labute approximate surface area is 357 Å². The molecule has 2 amide bonds. The maximum absolute atomic E-state index is 14.7. The molecule has 0 fully saturated rings. The number of ketones is 1. The molecule has 9 nitrogen and oxygen atoms in total. The second-order valence-electron chi connectivity index (χ2n) is 21.3. The summed E-state index contributed by atoms with van der Waals surface area (Å²) >= 11 is 0. The molecule has 0 saturated carbocycles. The molecule has 2 heterocycles. The molecule has 0 saturated heterocycles. The Hall–Kier alpha value is -4.92. The van der Waals surface area contributed by atoms with Crippen molar-refractivity contribution in [1.29, 1.82) is 0 Å². The Morgan fingerprint density at radius 3 is 1.88 bits per heavy atom. The fourth-order valence-corrected chi connectivity index (χ4v) is 9.81. The normalized spacial score (nSPS) is 20.5. The molecular formula is C51H69N4O5+. The first-order chi connectivity index (χ1) is 27.5. The number of benzene rings is 3. The summed E-state index contributed by atoms with van der Waals surface area (Å²) in [6.45, 7) is 35.6. The highest BCUT2D eigenvalue weighted by Crippen LogP contribution is 2.51. The fourth-order valence-electron chi connectivity index (χ4n) is 9.81. The molecule has 3 aromatic carbocycles. The highest BCUT2D eigenvalue weighted by molar-refractivity contribution is 6.52. The van der Waals surface area contributed by atoms with E-state index >= 15 is 0 Å². The number of carbonyl (C=O) groups excluding carboxylic acids is 3. The molecule has 6 rings (SSSR count). The van der Waals surface area contributed by atoms with E-state index in [0.29, 0.717) is 34.3 Å². The van der Waals surface area contributed by atoms with Crippen LogP contribution in [0.3, 0.4) is 0 Å². The number of allylic oxidation sites excluding steroid dienone is 2. The van der Waals surface area contributed by atoms with Gasteiger partial charge in [-0.15, -0.1) is 0 Å². The van der Waals surface area contributed by atoms with Crippen LogP contribution in [0.15, 0.2) is 42.2 Å². The van der Waals surface area contributed by atoms with Crippen LogP contribution < -0.4 is 30.7 Å². The number of anilines is 3. The fraction of sp³-hybridized carbons (Fsp3) is 0.529. The first kappa shape index (κ1) is 44.6. The third-order valence-corrected chi connectivity index (χ3v) is 13.7. The third kappa shape index (κ3) is 7.34. The van der Waals surface area contributed by atoms with Crippen molar-refractivity contribution in [2.75, 3.05) is 15.5 Å². The van der Waals surface area contributed by atoms with Gasteiger partial charge < -0.3 is 25.7 Å². The lowest BCUT2D eigenvalue weighted by molar-refractivity contribution is -0.116. The minimum absolute atomic E-state index is 0.124. The minimum atomic E-state index is -0.350. The lowest BCUT2D eigenvalue weighted by Crippen LogP contribution is -2.42. The van der Waals surface area contributed by atoms with Crippen molar-refractivity contribution in [3.05, 3.63) is 86.1 Å². The predicted octanol–water partition coefficient (Wildman–Crippen LogP) is 8.69. The number of aliphatic hydroxyl groups excluding tert-OH is 1. The van der Waals surface area contributed by atoms with Crippen LogP contribution in [-0.2, 0) is 42.5 Å². The number of aryl methyl sites for hydroxylation is 1. The number of amides is 2. The number of nitrogens with zero attached hydrogens (tertiary/aromatic N) is 2. The van der Waals surface area contributed by atoms with E-state index in [4.69, 9.17) is 0 Å². The number of nitrogens with one attached hydrogen (secondary N) is 2. The summed E-state index contributed by atoms with van der Waals surface area (Å²) in [5, 5.41) is 31.0. The van der Waals surface area contributed by atoms with E-state index < -0.39 is 0 Å². The van der Waals surface area contributed by atoms with E-state index in [1.54, 1.807) is 0 Å². The van der Waals surface area contributed by atoms with Crippen LogP contribution in [0.25, 0.3) is 11.1 Å². The zero-order chi connectivity index (χ0) is 44.9. The van der Waals surface area contributed by atoms with Crippen molar-refractivity contribution < 1.29 is 24.6 Å². The molecule has 9 heteroatoms. The Morgan fingerprint density at radius 2 is 1.38 bits per heavy atom. The zero-order valence-electron chi connectivity index (χ0n) is 39.2. The van der Waals surface area contributed by atoms with E-state index in [0.717, 1.165) is 38.9 Å². The molecule has 0 aromatic heterocycles. The number of hydrogen-bond donors (Lipinski definition) is 4. The molecule has 3 aliphatic rings. The zero-order valence-corrected chi connectivity index (χ0v) is 39.2. The number of hydrogen-bond acceptors (Lipinski definition) is 6. The Kier molecular flexibility index (Phi) is 11.1. The molecule has 2 aliphatic heterocycles. The predicted molar refractivity (Wildman–Crippen MR) is 246 cm³/mol.